The fourth-order valence-electron chi connectivity index (χ4n) is 4.34. The topological polar surface area (TPSA) is 39.9 Å². The molecule has 34 heavy (non-hydrogen) atoms. The summed E-state index contributed by atoms with van der Waals surface area (Å²) in [6.07, 6.45) is 3.20. The molecule has 0 aliphatic carbocycles. The number of aromatic nitrogens is 3. The maximum absolute atomic E-state index is 14.1. The molecule has 0 aliphatic heterocycles. The van der Waals surface area contributed by atoms with Crippen LogP contribution in [0, 0.1) is 12.7 Å². The summed E-state index contributed by atoms with van der Waals surface area (Å²) in [4.78, 5) is 8.70. The first-order valence-corrected chi connectivity index (χ1v) is 11.0. The van der Waals surface area contributed by atoms with Crippen molar-refractivity contribution in [1.29, 1.82) is 0 Å². The molecule has 6 aromatic rings. The van der Waals surface area contributed by atoms with Crippen molar-refractivity contribution in [3.63, 3.8) is 0 Å². The highest BCUT2D eigenvalue weighted by Gasteiger charge is 2.15. The van der Waals surface area contributed by atoms with E-state index in [-0.39, 0.29) is 5.82 Å². The molecule has 3 aromatic carbocycles. The molecule has 6 rings (SSSR count). The molecule has 0 amide bonds. The van der Waals surface area contributed by atoms with Crippen LogP contribution in [0.4, 0.5) is 4.39 Å². The molecule has 0 N–H and O–H groups in total. The number of hydrogen-bond acceptors (Lipinski definition) is 3. The molecule has 0 bridgehead atoms. The number of aryl methyl sites for hydroxylation is 1. The monoisotopic (exact) mass is 445 g/mol. The van der Waals surface area contributed by atoms with Gasteiger partial charge < -0.3 is 4.74 Å². The average Bonchev–Trinajstić information content (AvgIpc) is 3.17. The summed E-state index contributed by atoms with van der Waals surface area (Å²) >= 11 is 0. The van der Waals surface area contributed by atoms with E-state index in [0.29, 0.717) is 17.4 Å². The Kier molecular flexibility index (Phi) is 4.81. The molecule has 0 spiro atoms. The summed E-state index contributed by atoms with van der Waals surface area (Å²) in [5.41, 5.74) is 5.16. The van der Waals surface area contributed by atoms with Gasteiger partial charge in [-0.2, -0.15) is 0 Å². The quantitative estimate of drug-likeness (QED) is 0.282. The maximum Gasteiger partial charge on any atom is 0.219 e. The van der Waals surface area contributed by atoms with E-state index in [9.17, 15) is 4.39 Å². The molecular formula is C29H20FN3O. The van der Waals surface area contributed by atoms with Crippen LogP contribution in [0.1, 0.15) is 5.56 Å². The van der Waals surface area contributed by atoms with Gasteiger partial charge in [0.15, 0.2) is 0 Å². The number of nitrogens with zero attached hydrogens (tertiary/aromatic N) is 3. The second-order valence-electron chi connectivity index (χ2n) is 8.22. The van der Waals surface area contributed by atoms with Crippen molar-refractivity contribution in [2.45, 2.75) is 6.92 Å². The normalized spacial score (nSPS) is 11.2. The lowest BCUT2D eigenvalue weighted by atomic mass is 10.0. The maximum atomic E-state index is 14.1. The van der Waals surface area contributed by atoms with Gasteiger partial charge in [-0.3, -0.25) is 4.57 Å². The number of halogens is 1. The Morgan fingerprint density at radius 3 is 2.47 bits per heavy atom. The van der Waals surface area contributed by atoms with E-state index in [1.165, 1.54) is 23.9 Å². The van der Waals surface area contributed by atoms with Crippen LogP contribution < -0.4 is 4.74 Å². The molecule has 0 aliphatic rings. The fourth-order valence-corrected chi connectivity index (χ4v) is 4.34. The van der Waals surface area contributed by atoms with Crippen LogP contribution in [-0.2, 0) is 0 Å². The zero-order valence-corrected chi connectivity index (χ0v) is 18.4. The van der Waals surface area contributed by atoms with Crippen LogP contribution in [0.3, 0.4) is 0 Å². The van der Waals surface area contributed by atoms with Gasteiger partial charge in [-0.15, -0.1) is 0 Å². The minimum Gasteiger partial charge on any atom is -0.439 e. The SMILES string of the molecule is Cc1ccc2c(c1)c1ccc(-c3cccc(Oc4ccccn4)c3)cc1n2-c1cc(F)ccn1. The molecule has 0 atom stereocenters. The molecule has 3 aromatic heterocycles. The van der Waals surface area contributed by atoms with Gasteiger partial charge in [0.2, 0.25) is 5.88 Å². The van der Waals surface area contributed by atoms with Crippen LogP contribution in [0.25, 0.3) is 38.8 Å². The highest BCUT2D eigenvalue weighted by atomic mass is 19.1. The number of pyridine rings is 2. The molecule has 0 saturated carbocycles. The molecule has 4 nitrogen and oxygen atoms in total. The first-order chi connectivity index (χ1) is 16.7. The van der Waals surface area contributed by atoms with Crippen molar-refractivity contribution < 1.29 is 9.13 Å². The third-order valence-corrected chi connectivity index (χ3v) is 5.89. The third kappa shape index (κ3) is 3.57. The minimum absolute atomic E-state index is 0.317. The van der Waals surface area contributed by atoms with Gasteiger partial charge in [0, 0.05) is 35.3 Å². The summed E-state index contributed by atoms with van der Waals surface area (Å²) in [5.74, 6) is 1.48. The molecule has 0 fully saturated rings. The van der Waals surface area contributed by atoms with E-state index in [1.54, 1.807) is 6.20 Å². The van der Waals surface area contributed by atoms with Crippen LogP contribution in [0.15, 0.2) is 103 Å². The molecular weight excluding hydrogens is 425 g/mol. The zero-order valence-electron chi connectivity index (χ0n) is 18.4. The molecule has 164 valence electrons. The van der Waals surface area contributed by atoms with Gasteiger partial charge in [0.05, 0.1) is 11.0 Å². The molecule has 3 heterocycles. The highest BCUT2D eigenvalue weighted by Crippen LogP contribution is 2.35. The second-order valence-corrected chi connectivity index (χ2v) is 8.22. The smallest absolute Gasteiger partial charge is 0.219 e. The molecule has 5 heteroatoms. The van der Waals surface area contributed by atoms with E-state index < -0.39 is 0 Å². The highest BCUT2D eigenvalue weighted by molar-refractivity contribution is 6.10. The van der Waals surface area contributed by atoms with Crippen molar-refractivity contribution >= 4 is 21.8 Å². The Balaban J connectivity index is 1.53. The lowest BCUT2D eigenvalue weighted by molar-refractivity contribution is 0.463. The van der Waals surface area contributed by atoms with E-state index in [2.05, 4.69) is 53.3 Å². The lowest BCUT2D eigenvalue weighted by Crippen LogP contribution is -1.98. The van der Waals surface area contributed by atoms with Gasteiger partial charge in [-0.25, -0.2) is 14.4 Å². The van der Waals surface area contributed by atoms with Crippen LogP contribution in [-0.4, -0.2) is 14.5 Å². The first kappa shape index (κ1) is 20.1. The minimum atomic E-state index is -0.317. The lowest BCUT2D eigenvalue weighted by Gasteiger charge is -2.09. The first-order valence-electron chi connectivity index (χ1n) is 11.0. The number of benzene rings is 3. The Hall–Kier alpha value is -4.51. The summed E-state index contributed by atoms with van der Waals surface area (Å²) in [5, 5.41) is 2.20. The van der Waals surface area contributed by atoms with E-state index >= 15 is 0 Å². The van der Waals surface area contributed by atoms with Crippen molar-refractivity contribution in [2.24, 2.45) is 0 Å². The molecule has 0 saturated heterocycles. The fraction of sp³-hybridized carbons (Fsp3) is 0.0345. The van der Waals surface area contributed by atoms with E-state index in [4.69, 9.17) is 4.74 Å². The predicted octanol–water partition coefficient (Wildman–Crippen LogP) is 7.48. The van der Waals surface area contributed by atoms with Crippen molar-refractivity contribution in [3.05, 3.63) is 115 Å². The van der Waals surface area contributed by atoms with Crippen LogP contribution in [0.5, 0.6) is 11.6 Å². The molecule has 0 radical (unpaired) electrons. The zero-order chi connectivity index (χ0) is 23.1. The average molecular weight is 445 g/mol. The van der Waals surface area contributed by atoms with Crippen molar-refractivity contribution in [1.82, 2.24) is 14.5 Å². The van der Waals surface area contributed by atoms with Crippen LogP contribution >= 0.6 is 0 Å². The van der Waals surface area contributed by atoms with Gasteiger partial charge in [-0.1, -0.05) is 42.0 Å². The number of hydrogen-bond donors (Lipinski definition) is 0. The van der Waals surface area contributed by atoms with Gasteiger partial charge in [0.1, 0.15) is 17.4 Å². The van der Waals surface area contributed by atoms with Crippen LogP contribution in [0.2, 0.25) is 0 Å². The van der Waals surface area contributed by atoms with E-state index in [0.717, 1.165) is 32.9 Å². The number of fused-ring (bicyclic) bond motifs is 3. The van der Waals surface area contributed by atoms with Crippen molar-refractivity contribution in [3.8, 4) is 28.6 Å². The van der Waals surface area contributed by atoms with E-state index in [1.807, 2.05) is 47.0 Å². The second kappa shape index (κ2) is 8.12. The Labute approximate surface area is 195 Å². The standard InChI is InChI=1S/C29H20FN3O/c1-19-8-11-26-25(15-19)24-10-9-21(17-27(24)33(26)28-18-22(30)12-14-31-28)20-5-4-6-23(16-20)34-29-7-2-3-13-32-29/h2-18H,1H3. The number of ether oxygens (including phenoxy) is 1. The largest absolute Gasteiger partial charge is 0.439 e. The summed E-state index contributed by atoms with van der Waals surface area (Å²) in [7, 11) is 0. The Morgan fingerprint density at radius 1 is 0.706 bits per heavy atom. The van der Waals surface area contributed by atoms with Gasteiger partial charge in [-0.05, 0) is 60.5 Å². The summed E-state index contributed by atoms with van der Waals surface area (Å²) < 4.78 is 22.1. The van der Waals surface area contributed by atoms with Crippen molar-refractivity contribution in [2.75, 3.05) is 0 Å². The summed E-state index contributed by atoms with van der Waals surface area (Å²) in [6, 6.07) is 28.9. The van der Waals surface area contributed by atoms with Gasteiger partial charge >= 0.3 is 0 Å². The van der Waals surface area contributed by atoms with Gasteiger partial charge in [0.25, 0.3) is 0 Å². The summed E-state index contributed by atoms with van der Waals surface area (Å²) in [6.45, 7) is 2.07. The molecule has 0 unspecified atom stereocenters. The predicted molar refractivity (Wildman–Crippen MR) is 133 cm³/mol. The number of rotatable bonds is 4. The Morgan fingerprint density at radius 2 is 1.62 bits per heavy atom. The third-order valence-electron chi connectivity index (χ3n) is 5.89. The Bertz CT molecular complexity index is 1660.